The van der Waals surface area contributed by atoms with Gasteiger partial charge in [-0.05, 0) is 55.0 Å². The first kappa shape index (κ1) is 24.7. The van der Waals surface area contributed by atoms with Gasteiger partial charge in [-0.3, -0.25) is 9.10 Å². The number of carbonyl (C=O) groups is 1. The first-order valence-electron chi connectivity index (χ1n) is 10.1. The highest BCUT2D eigenvalue weighted by molar-refractivity contribution is 9.10. The minimum absolute atomic E-state index is 0.137. The molecule has 6 nitrogen and oxygen atoms in total. The Morgan fingerprint density at radius 1 is 1.06 bits per heavy atom. The third-order valence-electron chi connectivity index (χ3n) is 4.91. The van der Waals surface area contributed by atoms with E-state index in [-0.39, 0.29) is 30.7 Å². The molecule has 3 aromatic rings. The van der Waals surface area contributed by atoms with Crippen LogP contribution >= 0.6 is 15.9 Å². The van der Waals surface area contributed by atoms with Gasteiger partial charge in [0.2, 0.25) is 10.0 Å². The normalized spacial score (nSPS) is 12.1. The quantitative estimate of drug-likeness (QED) is 0.427. The molecule has 0 saturated carbocycles. The topological polar surface area (TPSA) is 75.7 Å². The smallest absolute Gasteiger partial charge is 0.258 e. The molecule has 1 atom stereocenters. The summed E-state index contributed by atoms with van der Waals surface area (Å²) in [6, 6.07) is 19.7. The zero-order chi connectivity index (χ0) is 24.0. The van der Waals surface area contributed by atoms with Crippen LogP contribution in [0.4, 0.5) is 10.1 Å². The molecule has 0 aliphatic carbocycles. The lowest BCUT2D eigenvalue weighted by Crippen LogP contribution is -2.31. The molecule has 0 heterocycles. The number of rotatable bonds is 9. The molecular formula is C24H24BrFN2O4S. The molecule has 3 rings (SSSR count). The highest BCUT2D eigenvalue weighted by Gasteiger charge is 2.19. The molecule has 0 saturated heterocycles. The highest BCUT2D eigenvalue weighted by Crippen LogP contribution is 2.24. The van der Waals surface area contributed by atoms with Crippen molar-refractivity contribution in [3.8, 4) is 5.75 Å². The first-order valence-corrected chi connectivity index (χ1v) is 12.8. The number of hydrogen-bond acceptors (Lipinski definition) is 4. The van der Waals surface area contributed by atoms with E-state index < -0.39 is 15.8 Å². The molecule has 0 bridgehead atoms. The van der Waals surface area contributed by atoms with Crippen molar-refractivity contribution < 1.29 is 22.3 Å². The number of sulfonamides is 1. The van der Waals surface area contributed by atoms with Crippen molar-refractivity contribution in [2.75, 3.05) is 17.2 Å². The number of ether oxygens (including phenoxy) is 1. The lowest BCUT2D eigenvalue weighted by Gasteiger charge is -2.23. The number of nitrogens with one attached hydrogen (secondary N) is 1. The van der Waals surface area contributed by atoms with E-state index in [4.69, 9.17) is 4.74 Å². The van der Waals surface area contributed by atoms with Crippen LogP contribution < -0.4 is 14.4 Å². The lowest BCUT2D eigenvalue weighted by atomic mass is 10.1. The average molecular weight is 535 g/mol. The molecule has 33 heavy (non-hydrogen) atoms. The largest absolute Gasteiger partial charge is 0.484 e. The van der Waals surface area contributed by atoms with Crippen molar-refractivity contribution in [3.05, 3.63) is 94.2 Å². The first-order chi connectivity index (χ1) is 15.6. The molecule has 1 amide bonds. The summed E-state index contributed by atoms with van der Waals surface area (Å²) in [6.07, 6.45) is 1.06. The third-order valence-corrected chi connectivity index (χ3v) is 6.58. The maximum Gasteiger partial charge on any atom is 0.258 e. The molecular weight excluding hydrogens is 511 g/mol. The van der Waals surface area contributed by atoms with Crippen LogP contribution in [0.5, 0.6) is 5.75 Å². The lowest BCUT2D eigenvalue weighted by molar-refractivity contribution is -0.123. The molecule has 9 heteroatoms. The van der Waals surface area contributed by atoms with Gasteiger partial charge in [-0.15, -0.1) is 0 Å². The van der Waals surface area contributed by atoms with Crippen LogP contribution in [0.25, 0.3) is 0 Å². The second-order valence-electron chi connectivity index (χ2n) is 7.48. The van der Waals surface area contributed by atoms with E-state index in [1.54, 1.807) is 42.5 Å². The standard InChI is InChI=1S/C24H24BrFN2O4S/c1-17(18-7-9-20(25)10-8-18)27-24(29)16-32-22-13-11-21(12-14-22)28(33(2,30)31)15-19-5-3-4-6-23(19)26/h3-14,17H,15-16H2,1-2H3,(H,27,29)/t17-/m1/s1. The molecule has 3 aromatic carbocycles. The van der Waals surface area contributed by atoms with Crippen LogP contribution in [0.3, 0.4) is 0 Å². The van der Waals surface area contributed by atoms with E-state index in [1.165, 1.54) is 6.07 Å². The Morgan fingerprint density at radius 2 is 1.70 bits per heavy atom. The van der Waals surface area contributed by atoms with E-state index >= 15 is 0 Å². The fourth-order valence-electron chi connectivity index (χ4n) is 3.16. The zero-order valence-electron chi connectivity index (χ0n) is 18.2. The van der Waals surface area contributed by atoms with Crippen LogP contribution in [0.1, 0.15) is 24.1 Å². The average Bonchev–Trinajstić information content (AvgIpc) is 2.77. The van der Waals surface area contributed by atoms with Crippen LogP contribution in [0.2, 0.25) is 0 Å². The minimum atomic E-state index is -3.66. The summed E-state index contributed by atoms with van der Waals surface area (Å²) in [6.45, 7) is 1.55. The summed E-state index contributed by atoms with van der Waals surface area (Å²) in [4.78, 5) is 12.2. The van der Waals surface area contributed by atoms with Gasteiger partial charge < -0.3 is 10.1 Å². The molecule has 0 aliphatic rings. The monoisotopic (exact) mass is 534 g/mol. The Bertz CT molecular complexity index is 1200. The summed E-state index contributed by atoms with van der Waals surface area (Å²) in [5, 5.41) is 2.87. The summed E-state index contributed by atoms with van der Waals surface area (Å²) in [5.74, 6) is -0.356. The maximum absolute atomic E-state index is 14.0. The Morgan fingerprint density at radius 3 is 2.30 bits per heavy atom. The van der Waals surface area contributed by atoms with Gasteiger partial charge in [0.15, 0.2) is 6.61 Å². The molecule has 1 N–H and O–H groups in total. The molecule has 0 aliphatic heterocycles. The SMILES string of the molecule is C[C@@H](NC(=O)COc1ccc(N(Cc2ccccc2F)S(C)(=O)=O)cc1)c1ccc(Br)cc1. The van der Waals surface area contributed by atoms with Crippen molar-refractivity contribution in [1.82, 2.24) is 5.32 Å². The minimum Gasteiger partial charge on any atom is -0.484 e. The van der Waals surface area contributed by atoms with E-state index in [1.807, 2.05) is 31.2 Å². The number of halogens is 2. The second-order valence-corrected chi connectivity index (χ2v) is 10.3. The molecule has 174 valence electrons. The van der Waals surface area contributed by atoms with Gasteiger partial charge >= 0.3 is 0 Å². The third kappa shape index (κ3) is 7.03. The van der Waals surface area contributed by atoms with Gasteiger partial charge in [0.25, 0.3) is 5.91 Å². The van der Waals surface area contributed by atoms with Crippen LogP contribution in [0.15, 0.2) is 77.3 Å². The number of benzene rings is 3. The molecule has 0 unspecified atom stereocenters. The van der Waals surface area contributed by atoms with Gasteiger partial charge in [0.05, 0.1) is 24.5 Å². The van der Waals surface area contributed by atoms with Crippen molar-refractivity contribution in [2.24, 2.45) is 0 Å². The predicted molar refractivity (Wildman–Crippen MR) is 130 cm³/mol. The van der Waals surface area contributed by atoms with Crippen LogP contribution in [-0.4, -0.2) is 27.2 Å². The summed E-state index contributed by atoms with van der Waals surface area (Å²) >= 11 is 3.38. The van der Waals surface area contributed by atoms with Crippen LogP contribution in [-0.2, 0) is 21.4 Å². The molecule has 0 spiro atoms. The van der Waals surface area contributed by atoms with Gasteiger partial charge in [-0.1, -0.05) is 46.3 Å². The van der Waals surface area contributed by atoms with Gasteiger partial charge in [0, 0.05) is 10.0 Å². The fourth-order valence-corrected chi connectivity index (χ4v) is 4.30. The summed E-state index contributed by atoms with van der Waals surface area (Å²) in [7, 11) is -3.66. The van der Waals surface area contributed by atoms with E-state index in [2.05, 4.69) is 21.2 Å². The van der Waals surface area contributed by atoms with Crippen LogP contribution in [0, 0.1) is 5.82 Å². The van der Waals surface area contributed by atoms with Crippen molar-refractivity contribution in [2.45, 2.75) is 19.5 Å². The highest BCUT2D eigenvalue weighted by atomic mass is 79.9. The zero-order valence-corrected chi connectivity index (χ0v) is 20.6. The van der Waals surface area contributed by atoms with E-state index in [0.29, 0.717) is 11.4 Å². The van der Waals surface area contributed by atoms with Gasteiger partial charge in [-0.25, -0.2) is 12.8 Å². The number of anilines is 1. The number of carbonyl (C=O) groups excluding carboxylic acids is 1. The number of nitrogens with zero attached hydrogens (tertiary/aromatic N) is 1. The summed E-state index contributed by atoms with van der Waals surface area (Å²) < 4.78 is 46.2. The van der Waals surface area contributed by atoms with E-state index in [0.717, 1.165) is 20.6 Å². The fraction of sp³-hybridized carbons (Fsp3) is 0.208. The van der Waals surface area contributed by atoms with E-state index in [9.17, 15) is 17.6 Å². The second kappa shape index (κ2) is 10.8. The number of amides is 1. The molecule has 0 fully saturated rings. The number of hydrogen-bond donors (Lipinski definition) is 1. The molecule has 0 aromatic heterocycles. The Balaban J connectivity index is 1.61. The van der Waals surface area contributed by atoms with Gasteiger partial charge in [0.1, 0.15) is 11.6 Å². The predicted octanol–water partition coefficient (Wildman–Crippen LogP) is 4.81. The Hall–Kier alpha value is -2.91. The Labute approximate surface area is 201 Å². The molecule has 0 radical (unpaired) electrons. The van der Waals surface area contributed by atoms with Gasteiger partial charge in [-0.2, -0.15) is 0 Å². The van der Waals surface area contributed by atoms with Crippen molar-refractivity contribution in [1.29, 1.82) is 0 Å². The van der Waals surface area contributed by atoms with Crippen molar-refractivity contribution >= 4 is 37.5 Å². The maximum atomic E-state index is 14.0. The van der Waals surface area contributed by atoms with Crippen molar-refractivity contribution in [3.63, 3.8) is 0 Å². The Kier molecular flexibility index (Phi) is 8.10. The summed E-state index contributed by atoms with van der Waals surface area (Å²) in [5.41, 5.74) is 1.59.